The Morgan fingerprint density at radius 3 is 2.45 bits per heavy atom. The second kappa shape index (κ2) is 5.09. The first-order valence-corrected chi connectivity index (χ1v) is 3.57. The van der Waals surface area contributed by atoms with Gasteiger partial charge in [-0.25, -0.2) is 4.79 Å². The number of aliphatic hydroxyl groups is 2. The fourth-order valence-corrected chi connectivity index (χ4v) is 0.731. The van der Waals surface area contributed by atoms with E-state index in [0.717, 1.165) is 6.42 Å². The first-order chi connectivity index (χ1) is 5.13. The number of carbonyl (C=O) groups excluding carboxylic acids is 1. The van der Waals surface area contributed by atoms with Gasteiger partial charge in [-0.15, -0.1) is 0 Å². The summed E-state index contributed by atoms with van der Waals surface area (Å²) in [6.07, 6.45) is -1.29. The third-order valence-corrected chi connectivity index (χ3v) is 1.39. The van der Waals surface area contributed by atoms with Crippen molar-refractivity contribution >= 4 is 5.97 Å². The maximum atomic E-state index is 10.6. The molecule has 0 unspecified atom stereocenters. The molecule has 0 aliphatic carbocycles. The van der Waals surface area contributed by atoms with Gasteiger partial charge in [-0.1, -0.05) is 13.3 Å². The monoisotopic (exact) mass is 162 g/mol. The lowest BCUT2D eigenvalue weighted by Crippen LogP contribution is -2.34. The summed E-state index contributed by atoms with van der Waals surface area (Å²) in [5.41, 5.74) is 0. The third-order valence-electron chi connectivity index (χ3n) is 1.39. The SMILES string of the molecule is CCC[C@H](O)[C@@H](O)C(=O)OC. The van der Waals surface area contributed by atoms with Gasteiger partial charge in [0.1, 0.15) is 0 Å². The van der Waals surface area contributed by atoms with E-state index in [0.29, 0.717) is 6.42 Å². The van der Waals surface area contributed by atoms with Gasteiger partial charge in [0.05, 0.1) is 13.2 Å². The van der Waals surface area contributed by atoms with Crippen LogP contribution < -0.4 is 0 Å². The number of esters is 1. The first-order valence-electron chi connectivity index (χ1n) is 3.57. The van der Waals surface area contributed by atoms with Crippen molar-refractivity contribution in [2.75, 3.05) is 7.11 Å². The van der Waals surface area contributed by atoms with Crippen molar-refractivity contribution in [3.8, 4) is 0 Å². The zero-order valence-corrected chi connectivity index (χ0v) is 6.78. The van der Waals surface area contributed by atoms with E-state index in [9.17, 15) is 4.79 Å². The molecule has 0 rings (SSSR count). The van der Waals surface area contributed by atoms with E-state index in [2.05, 4.69) is 4.74 Å². The van der Waals surface area contributed by atoms with Crippen LogP contribution in [0, 0.1) is 0 Å². The topological polar surface area (TPSA) is 66.8 Å². The summed E-state index contributed by atoms with van der Waals surface area (Å²) < 4.78 is 4.23. The van der Waals surface area contributed by atoms with E-state index in [-0.39, 0.29) is 0 Å². The van der Waals surface area contributed by atoms with Crippen LogP contribution in [0.25, 0.3) is 0 Å². The van der Waals surface area contributed by atoms with Gasteiger partial charge < -0.3 is 14.9 Å². The highest BCUT2D eigenvalue weighted by Crippen LogP contribution is 2.02. The van der Waals surface area contributed by atoms with Crippen LogP contribution in [0.5, 0.6) is 0 Å². The van der Waals surface area contributed by atoms with Crippen molar-refractivity contribution in [3.05, 3.63) is 0 Å². The van der Waals surface area contributed by atoms with Gasteiger partial charge in [0, 0.05) is 0 Å². The number of aliphatic hydroxyl groups excluding tert-OH is 2. The molecule has 4 heteroatoms. The van der Waals surface area contributed by atoms with Gasteiger partial charge in [-0.05, 0) is 6.42 Å². The highest BCUT2D eigenvalue weighted by Gasteiger charge is 2.23. The van der Waals surface area contributed by atoms with Crippen LogP contribution in [-0.4, -0.2) is 35.5 Å². The zero-order valence-electron chi connectivity index (χ0n) is 6.78. The number of hydrogen-bond donors (Lipinski definition) is 2. The Hall–Kier alpha value is -0.610. The minimum Gasteiger partial charge on any atom is -0.467 e. The lowest BCUT2D eigenvalue weighted by molar-refractivity contribution is -0.156. The lowest BCUT2D eigenvalue weighted by Gasteiger charge is -2.13. The Balaban J connectivity index is 3.80. The number of carbonyl (C=O) groups is 1. The average Bonchev–Trinajstić information content (AvgIpc) is 2.02. The minimum absolute atomic E-state index is 0.399. The highest BCUT2D eigenvalue weighted by atomic mass is 16.5. The normalized spacial score (nSPS) is 15.6. The van der Waals surface area contributed by atoms with Gasteiger partial charge in [0.2, 0.25) is 0 Å². The zero-order chi connectivity index (χ0) is 8.85. The number of ether oxygens (including phenoxy) is 1. The quantitative estimate of drug-likeness (QED) is 0.556. The van der Waals surface area contributed by atoms with Crippen molar-refractivity contribution in [1.29, 1.82) is 0 Å². The molecule has 2 atom stereocenters. The molecule has 0 aliphatic heterocycles. The van der Waals surface area contributed by atoms with Gasteiger partial charge in [0.15, 0.2) is 6.10 Å². The summed E-state index contributed by atoms with van der Waals surface area (Å²) in [7, 11) is 1.17. The maximum absolute atomic E-state index is 10.6. The van der Waals surface area contributed by atoms with Crippen LogP contribution in [0.1, 0.15) is 19.8 Å². The van der Waals surface area contributed by atoms with Crippen LogP contribution in [-0.2, 0) is 9.53 Å². The average molecular weight is 162 g/mol. The molecule has 0 saturated heterocycles. The number of rotatable bonds is 4. The molecule has 0 aliphatic rings. The Morgan fingerprint density at radius 2 is 2.09 bits per heavy atom. The fraction of sp³-hybridized carbons (Fsp3) is 0.857. The Labute approximate surface area is 65.8 Å². The Kier molecular flexibility index (Phi) is 4.81. The fourth-order valence-electron chi connectivity index (χ4n) is 0.731. The smallest absolute Gasteiger partial charge is 0.337 e. The molecule has 0 amide bonds. The van der Waals surface area contributed by atoms with E-state index in [4.69, 9.17) is 10.2 Å². The molecule has 4 nitrogen and oxygen atoms in total. The molecule has 0 bridgehead atoms. The molecule has 66 valence electrons. The second-order valence-corrected chi connectivity index (χ2v) is 2.32. The van der Waals surface area contributed by atoms with Crippen molar-refractivity contribution in [3.63, 3.8) is 0 Å². The van der Waals surface area contributed by atoms with E-state index >= 15 is 0 Å². The summed E-state index contributed by atoms with van der Waals surface area (Å²) in [4.78, 5) is 10.6. The Morgan fingerprint density at radius 1 is 1.55 bits per heavy atom. The van der Waals surface area contributed by atoms with E-state index in [1.54, 1.807) is 0 Å². The molecule has 0 spiro atoms. The maximum Gasteiger partial charge on any atom is 0.337 e. The molecule has 11 heavy (non-hydrogen) atoms. The largest absolute Gasteiger partial charge is 0.467 e. The molecule has 0 aromatic rings. The van der Waals surface area contributed by atoms with E-state index in [1.807, 2.05) is 6.92 Å². The lowest BCUT2D eigenvalue weighted by atomic mass is 10.1. The van der Waals surface area contributed by atoms with Crippen LogP contribution in [0.15, 0.2) is 0 Å². The minimum atomic E-state index is -1.40. The van der Waals surface area contributed by atoms with Crippen LogP contribution in [0.2, 0.25) is 0 Å². The summed E-state index contributed by atoms with van der Waals surface area (Å²) >= 11 is 0. The molecule has 0 saturated carbocycles. The molecule has 2 N–H and O–H groups in total. The first kappa shape index (κ1) is 10.4. The molecule has 0 aromatic heterocycles. The summed E-state index contributed by atoms with van der Waals surface area (Å²) in [6, 6.07) is 0. The van der Waals surface area contributed by atoms with Crippen molar-refractivity contribution in [1.82, 2.24) is 0 Å². The summed E-state index contributed by atoms with van der Waals surface area (Å²) in [5, 5.41) is 18.1. The predicted molar refractivity (Wildman–Crippen MR) is 38.9 cm³/mol. The third kappa shape index (κ3) is 3.34. The van der Waals surface area contributed by atoms with E-state index < -0.39 is 18.2 Å². The summed E-state index contributed by atoms with van der Waals surface area (Å²) in [6.45, 7) is 1.85. The number of methoxy groups -OCH3 is 1. The van der Waals surface area contributed by atoms with E-state index in [1.165, 1.54) is 7.11 Å². The van der Waals surface area contributed by atoms with Crippen molar-refractivity contribution in [2.45, 2.75) is 32.0 Å². The van der Waals surface area contributed by atoms with Crippen molar-refractivity contribution in [2.24, 2.45) is 0 Å². The number of hydrogen-bond acceptors (Lipinski definition) is 4. The van der Waals surface area contributed by atoms with Gasteiger partial charge in [-0.2, -0.15) is 0 Å². The summed E-state index contributed by atoms with van der Waals surface area (Å²) in [5.74, 6) is -0.786. The van der Waals surface area contributed by atoms with Crippen LogP contribution in [0.3, 0.4) is 0 Å². The van der Waals surface area contributed by atoms with Gasteiger partial charge in [-0.3, -0.25) is 0 Å². The van der Waals surface area contributed by atoms with Crippen LogP contribution >= 0.6 is 0 Å². The standard InChI is InChI=1S/C7H14O4/c1-3-4-5(8)6(9)7(10)11-2/h5-6,8-9H,3-4H2,1-2H3/t5-,6+/m0/s1. The Bertz CT molecular complexity index is 124. The molecule has 0 fully saturated rings. The molecule has 0 radical (unpaired) electrons. The molecular formula is C7H14O4. The predicted octanol–water partition coefficient (Wildman–Crippen LogP) is -0.319. The van der Waals surface area contributed by atoms with Crippen molar-refractivity contribution < 1.29 is 19.7 Å². The van der Waals surface area contributed by atoms with Gasteiger partial charge >= 0.3 is 5.97 Å². The van der Waals surface area contributed by atoms with Crippen LogP contribution in [0.4, 0.5) is 0 Å². The highest BCUT2D eigenvalue weighted by molar-refractivity contribution is 5.74. The van der Waals surface area contributed by atoms with Gasteiger partial charge in [0.25, 0.3) is 0 Å². The molecular weight excluding hydrogens is 148 g/mol. The molecule has 0 aromatic carbocycles. The molecule has 0 heterocycles. The second-order valence-electron chi connectivity index (χ2n) is 2.32.